The number of rotatable bonds is 7. The quantitative estimate of drug-likeness (QED) is 0.152. The number of nitrogens with zero attached hydrogens (tertiary/aromatic N) is 3. The molecule has 0 aliphatic heterocycles. The number of fused-ring (bicyclic) bond motifs is 6. The third kappa shape index (κ3) is 6.49. The van der Waals surface area contributed by atoms with Gasteiger partial charge in [0.05, 0.1) is 0 Å². The highest BCUT2D eigenvalue weighted by Gasteiger charge is 2.17. The zero-order chi connectivity index (χ0) is 39.8. The topological polar surface area (TPSA) is 38.7 Å². The summed E-state index contributed by atoms with van der Waals surface area (Å²) >= 11 is 0. The largest absolute Gasteiger partial charge is 0.208 e. The van der Waals surface area contributed by atoms with Crippen molar-refractivity contribution >= 4 is 32.3 Å². The molecule has 10 aromatic carbocycles. The lowest BCUT2D eigenvalue weighted by Gasteiger charge is -2.17. The molecule has 280 valence electrons. The van der Waals surface area contributed by atoms with E-state index in [0.717, 1.165) is 33.4 Å². The maximum atomic E-state index is 5.03. The Morgan fingerprint density at radius 3 is 1.13 bits per heavy atom. The van der Waals surface area contributed by atoms with Gasteiger partial charge in [-0.25, -0.2) is 15.0 Å². The zero-order valence-corrected chi connectivity index (χ0v) is 32.7. The molecule has 0 amide bonds. The van der Waals surface area contributed by atoms with Gasteiger partial charge in [0.2, 0.25) is 0 Å². The van der Waals surface area contributed by atoms with Crippen molar-refractivity contribution in [2.45, 2.75) is 0 Å². The van der Waals surface area contributed by atoms with Crippen LogP contribution in [0.5, 0.6) is 0 Å². The van der Waals surface area contributed by atoms with E-state index in [9.17, 15) is 0 Å². The fraction of sp³-hybridized carbons (Fsp3) is 0. The van der Waals surface area contributed by atoms with Gasteiger partial charge in [0, 0.05) is 16.7 Å². The highest BCUT2D eigenvalue weighted by atomic mass is 15.0. The normalized spacial score (nSPS) is 11.3. The summed E-state index contributed by atoms with van der Waals surface area (Å²) in [5.74, 6) is 1.93. The maximum absolute atomic E-state index is 5.03. The molecular weight excluding hydrogens is 727 g/mol. The summed E-state index contributed by atoms with van der Waals surface area (Å²) in [6.07, 6.45) is 0. The van der Waals surface area contributed by atoms with E-state index in [1.807, 2.05) is 60.7 Å². The molecular formula is C57H37N3. The summed E-state index contributed by atoms with van der Waals surface area (Å²) in [4.78, 5) is 15.0. The average molecular weight is 764 g/mol. The van der Waals surface area contributed by atoms with Crippen LogP contribution in [-0.2, 0) is 0 Å². The van der Waals surface area contributed by atoms with E-state index < -0.39 is 0 Å². The molecule has 0 unspecified atom stereocenters. The van der Waals surface area contributed by atoms with Crippen LogP contribution in [-0.4, -0.2) is 15.0 Å². The van der Waals surface area contributed by atoms with Gasteiger partial charge in [-0.15, -0.1) is 0 Å². The maximum Gasteiger partial charge on any atom is 0.164 e. The highest BCUT2D eigenvalue weighted by molar-refractivity contribution is 6.29. The van der Waals surface area contributed by atoms with Gasteiger partial charge in [-0.2, -0.15) is 0 Å². The molecule has 0 spiro atoms. The Bertz CT molecular complexity index is 3280. The Morgan fingerprint density at radius 1 is 0.200 bits per heavy atom. The Kier molecular flexibility index (Phi) is 8.83. The van der Waals surface area contributed by atoms with Crippen molar-refractivity contribution in [3.8, 4) is 78.7 Å². The third-order valence-corrected chi connectivity index (χ3v) is 11.5. The molecule has 0 aliphatic rings. The Balaban J connectivity index is 1.07. The van der Waals surface area contributed by atoms with Gasteiger partial charge in [0.25, 0.3) is 0 Å². The first-order chi connectivity index (χ1) is 29.7. The molecule has 60 heavy (non-hydrogen) atoms. The van der Waals surface area contributed by atoms with Crippen molar-refractivity contribution in [2.75, 3.05) is 0 Å². The minimum atomic E-state index is 0.635. The summed E-state index contributed by atoms with van der Waals surface area (Å²) in [7, 11) is 0. The van der Waals surface area contributed by atoms with E-state index in [1.165, 1.54) is 60.1 Å². The van der Waals surface area contributed by atoms with Gasteiger partial charge >= 0.3 is 0 Å². The van der Waals surface area contributed by atoms with Crippen LogP contribution in [0.1, 0.15) is 0 Å². The Morgan fingerprint density at radius 2 is 0.567 bits per heavy atom. The van der Waals surface area contributed by atoms with Crippen molar-refractivity contribution in [1.82, 2.24) is 15.0 Å². The second-order valence-electron chi connectivity index (χ2n) is 15.2. The predicted octanol–water partition coefficient (Wildman–Crippen LogP) is 15.0. The van der Waals surface area contributed by atoms with E-state index in [-0.39, 0.29) is 0 Å². The molecule has 0 radical (unpaired) electrons. The van der Waals surface area contributed by atoms with Gasteiger partial charge in [-0.05, 0) is 101 Å². The summed E-state index contributed by atoms with van der Waals surface area (Å²) in [6.45, 7) is 0. The highest BCUT2D eigenvalue weighted by Crippen LogP contribution is 2.44. The molecule has 3 heteroatoms. The summed E-state index contributed by atoms with van der Waals surface area (Å²) in [5, 5.41) is 7.52. The van der Waals surface area contributed by atoms with Crippen molar-refractivity contribution in [3.05, 3.63) is 224 Å². The molecule has 0 atom stereocenters. The Labute approximate surface area is 349 Å². The minimum absolute atomic E-state index is 0.635. The molecule has 0 aliphatic carbocycles. The molecule has 0 saturated carbocycles. The fourth-order valence-corrected chi connectivity index (χ4v) is 8.56. The lowest BCUT2D eigenvalue weighted by Crippen LogP contribution is -2.00. The molecule has 0 fully saturated rings. The second-order valence-corrected chi connectivity index (χ2v) is 15.2. The number of hydrogen-bond donors (Lipinski definition) is 0. The van der Waals surface area contributed by atoms with Crippen LogP contribution in [0.25, 0.3) is 111 Å². The minimum Gasteiger partial charge on any atom is -0.208 e. The number of hydrogen-bond acceptors (Lipinski definition) is 3. The molecule has 11 rings (SSSR count). The van der Waals surface area contributed by atoms with Gasteiger partial charge < -0.3 is 0 Å². The van der Waals surface area contributed by atoms with E-state index in [0.29, 0.717) is 17.5 Å². The van der Waals surface area contributed by atoms with Crippen LogP contribution in [0.15, 0.2) is 224 Å². The smallest absolute Gasteiger partial charge is 0.164 e. The van der Waals surface area contributed by atoms with Crippen LogP contribution < -0.4 is 0 Å². The van der Waals surface area contributed by atoms with Crippen molar-refractivity contribution < 1.29 is 0 Å². The first-order valence-electron chi connectivity index (χ1n) is 20.3. The van der Waals surface area contributed by atoms with Gasteiger partial charge in [-0.1, -0.05) is 200 Å². The average Bonchev–Trinajstić information content (AvgIpc) is 3.34. The molecule has 0 N–H and O–H groups in total. The van der Waals surface area contributed by atoms with Crippen LogP contribution in [0.3, 0.4) is 0 Å². The molecule has 3 nitrogen and oxygen atoms in total. The SMILES string of the molecule is c1ccc(-c2ccc(-c3cc(-c4cccc(-c5cccc(-c6nc(-c7ccccc7)nc(-c7ccccc7)n6)c5)c4)c4c5ccccc5c5ccccc5c4c3)cc2)cc1. The van der Waals surface area contributed by atoms with Crippen LogP contribution in [0, 0.1) is 0 Å². The monoisotopic (exact) mass is 763 g/mol. The van der Waals surface area contributed by atoms with Crippen LogP contribution in [0.2, 0.25) is 0 Å². The first-order valence-corrected chi connectivity index (χ1v) is 20.3. The molecule has 11 aromatic rings. The predicted molar refractivity (Wildman–Crippen MR) is 250 cm³/mol. The third-order valence-electron chi connectivity index (χ3n) is 11.5. The lowest BCUT2D eigenvalue weighted by molar-refractivity contribution is 1.07. The van der Waals surface area contributed by atoms with E-state index in [1.54, 1.807) is 0 Å². The fourth-order valence-electron chi connectivity index (χ4n) is 8.56. The van der Waals surface area contributed by atoms with E-state index in [4.69, 9.17) is 15.0 Å². The first kappa shape index (κ1) is 35.2. The van der Waals surface area contributed by atoms with Gasteiger partial charge in [0.15, 0.2) is 17.5 Å². The summed E-state index contributed by atoms with van der Waals surface area (Å²) in [6, 6.07) is 79.7. The zero-order valence-electron chi connectivity index (χ0n) is 32.7. The van der Waals surface area contributed by atoms with Crippen molar-refractivity contribution in [2.24, 2.45) is 0 Å². The van der Waals surface area contributed by atoms with E-state index in [2.05, 4.69) is 164 Å². The van der Waals surface area contributed by atoms with Crippen molar-refractivity contribution in [1.29, 1.82) is 0 Å². The molecule has 0 bridgehead atoms. The Hall–Kier alpha value is -8.01. The number of aromatic nitrogens is 3. The standard InChI is InChI=1S/C57H37N3/c1-4-16-38(17-5-1)39-30-32-40(33-31-39)47-36-52(54-51-29-13-12-27-49(51)48-26-10-11-28-50(48)53(54)37-47)45-24-14-22-43(34-45)44-23-15-25-46(35-44)57-59-55(41-18-6-2-7-19-41)58-56(60-57)42-20-8-3-9-21-42/h1-37H. The lowest BCUT2D eigenvalue weighted by atomic mass is 9.86. The number of benzene rings is 10. The van der Waals surface area contributed by atoms with Gasteiger partial charge in [-0.3, -0.25) is 0 Å². The van der Waals surface area contributed by atoms with E-state index >= 15 is 0 Å². The summed E-state index contributed by atoms with van der Waals surface area (Å²) in [5.41, 5.74) is 12.2. The summed E-state index contributed by atoms with van der Waals surface area (Å²) < 4.78 is 0. The molecule has 0 saturated heterocycles. The van der Waals surface area contributed by atoms with Gasteiger partial charge in [0.1, 0.15) is 0 Å². The molecule has 1 heterocycles. The van der Waals surface area contributed by atoms with Crippen LogP contribution in [0.4, 0.5) is 0 Å². The van der Waals surface area contributed by atoms with Crippen LogP contribution >= 0.6 is 0 Å². The second kappa shape index (κ2) is 15.1. The molecule has 1 aromatic heterocycles. The van der Waals surface area contributed by atoms with Crippen molar-refractivity contribution in [3.63, 3.8) is 0 Å².